The fourth-order valence-electron chi connectivity index (χ4n) is 2.55. The zero-order chi connectivity index (χ0) is 18.9. The van der Waals surface area contributed by atoms with E-state index in [2.05, 4.69) is 5.32 Å². The minimum Gasteiger partial charge on any atom is -0.494 e. The quantitative estimate of drug-likeness (QED) is 0.639. The lowest BCUT2D eigenvalue weighted by atomic mass is 10.1. The maximum absolute atomic E-state index is 11.0. The van der Waals surface area contributed by atoms with E-state index in [9.17, 15) is 4.79 Å². The standard InChI is InChI=1S/C20H24N2O4/c1-3-25-18-7-14(9-20(23)24)8-19(11-18)26-17-6-4-5-15(10-17)16(12-21)13-22-2/h4-8,10-11,13,22H,3,9,12,21H2,1-2H3,(H,23,24)/b16-13+. The van der Waals surface area contributed by atoms with Crippen molar-refractivity contribution >= 4 is 11.5 Å². The average molecular weight is 356 g/mol. The van der Waals surface area contributed by atoms with E-state index in [-0.39, 0.29) is 6.42 Å². The predicted molar refractivity (Wildman–Crippen MR) is 102 cm³/mol. The van der Waals surface area contributed by atoms with Gasteiger partial charge in [0.05, 0.1) is 13.0 Å². The van der Waals surface area contributed by atoms with Crippen LogP contribution in [0.5, 0.6) is 17.2 Å². The molecule has 26 heavy (non-hydrogen) atoms. The molecule has 0 amide bonds. The van der Waals surface area contributed by atoms with Gasteiger partial charge >= 0.3 is 5.97 Å². The van der Waals surface area contributed by atoms with Crippen LogP contribution in [0, 0.1) is 0 Å². The van der Waals surface area contributed by atoms with Crippen molar-refractivity contribution < 1.29 is 19.4 Å². The van der Waals surface area contributed by atoms with Gasteiger partial charge in [0.25, 0.3) is 0 Å². The molecule has 2 rings (SSSR count). The maximum atomic E-state index is 11.0. The summed E-state index contributed by atoms with van der Waals surface area (Å²) in [4.78, 5) is 11.0. The van der Waals surface area contributed by atoms with Gasteiger partial charge < -0.3 is 25.6 Å². The van der Waals surface area contributed by atoms with Gasteiger partial charge in [0.15, 0.2) is 0 Å². The maximum Gasteiger partial charge on any atom is 0.307 e. The van der Waals surface area contributed by atoms with E-state index in [1.165, 1.54) is 0 Å². The first-order chi connectivity index (χ1) is 12.5. The Bertz CT molecular complexity index is 787. The number of benzene rings is 2. The molecule has 2 aromatic carbocycles. The van der Waals surface area contributed by atoms with E-state index in [1.54, 1.807) is 18.2 Å². The Labute approximate surface area is 153 Å². The lowest BCUT2D eigenvalue weighted by Gasteiger charge is -2.12. The fraction of sp³-hybridized carbons (Fsp3) is 0.250. The molecule has 0 spiro atoms. The Morgan fingerprint density at radius 2 is 1.96 bits per heavy atom. The molecule has 0 unspecified atom stereocenters. The molecule has 0 saturated carbocycles. The molecule has 0 aliphatic carbocycles. The van der Waals surface area contributed by atoms with Crippen LogP contribution in [0.2, 0.25) is 0 Å². The van der Waals surface area contributed by atoms with Crippen LogP contribution in [-0.2, 0) is 11.2 Å². The molecule has 138 valence electrons. The zero-order valence-corrected chi connectivity index (χ0v) is 15.0. The number of nitrogens with two attached hydrogens (primary N) is 1. The summed E-state index contributed by atoms with van der Waals surface area (Å²) in [6, 6.07) is 12.7. The first-order valence-electron chi connectivity index (χ1n) is 8.39. The molecule has 0 bridgehead atoms. The van der Waals surface area contributed by atoms with Crippen molar-refractivity contribution in [2.24, 2.45) is 5.73 Å². The van der Waals surface area contributed by atoms with Crippen LogP contribution >= 0.6 is 0 Å². The lowest BCUT2D eigenvalue weighted by molar-refractivity contribution is -0.136. The van der Waals surface area contributed by atoms with Gasteiger partial charge in [0.2, 0.25) is 0 Å². The number of nitrogens with one attached hydrogen (secondary N) is 1. The molecule has 0 aliphatic heterocycles. The molecule has 0 radical (unpaired) electrons. The van der Waals surface area contributed by atoms with E-state index in [0.29, 0.717) is 36.0 Å². The SMILES string of the molecule is CCOc1cc(CC(=O)O)cc(Oc2cccc(/C(=C/NC)CN)c2)c1. The monoisotopic (exact) mass is 356 g/mol. The fourth-order valence-corrected chi connectivity index (χ4v) is 2.55. The van der Waals surface area contributed by atoms with E-state index < -0.39 is 5.97 Å². The summed E-state index contributed by atoms with van der Waals surface area (Å²) in [6.45, 7) is 2.75. The van der Waals surface area contributed by atoms with Crippen LogP contribution < -0.4 is 20.5 Å². The molecule has 6 heteroatoms. The van der Waals surface area contributed by atoms with Crippen molar-refractivity contribution in [3.63, 3.8) is 0 Å². The second-order valence-corrected chi connectivity index (χ2v) is 5.61. The van der Waals surface area contributed by atoms with Gasteiger partial charge in [-0.15, -0.1) is 0 Å². The van der Waals surface area contributed by atoms with Crippen molar-refractivity contribution in [3.05, 3.63) is 59.8 Å². The van der Waals surface area contributed by atoms with Gasteiger partial charge in [-0.25, -0.2) is 0 Å². The van der Waals surface area contributed by atoms with Gasteiger partial charge in [-0.05, 0) is 47.9 Å². The third kappa shape index (κ3) is 5.53. The van der Waals surface area contributed by atoms with E-state index in [1.807, 2.05) is 44.4 Å². The van der Waals surface area contributed by atoms with Crippen molar-refractivity contribution in [1.29, 1.82) is 0 Å². The van der Waals surface area contributed by atoms with Gasteiger partial charge in [-0.1, -0.05) is 12.1 Å². The molecule has 4 N–H and O–H groups in total. The third-order valence-corrected chi connectivity index (χ3v) is 3.59. The average Bonchev–Trinajstić information content (AvgIpc) is 2.59. The van der Waals surface area contributed by atoms with Crippen LogP contribution in [0.1, 0.15) is 18.1 Å². The minimum atomic E-state index is -0.906. The number of ether oxygens (including phenoxy) is 2. The number of carbonyl (C=O) groups is 1. The molecule has 0 saturated heterocycles. The topological polar surface area (TPSA) is 93.8 Å². The molecule has 0 heterocycles. The Kier molecular flexibility index (Phi) is 7.05. The smallest absolute Gasteiger partial charge is 0.307 e. The van der Waals surface area contributed by atoms with E-state index >= 15 is 0 Å². The summed E-state index contributed by atoms with van der Waals surface area (Å²) in [7, 11) is 1.82. The van der Waals surface area contributed by atoms with E-state index in [0.717, 1.165) is 11.1 Å². The highest BCUT2D eigenvalue weighted by molar-refractivity contribution is 5.71. The number of carboxylic acid groups (broad SMARTS) is 1. The zero-order valence-electron chi connectivity index (χ0n) is 15.0. The first kappa shape index (κ1) is 19.3. The third-order valence-electron chi connectivity index (χ3n) is 3.59. The highest BCUT2D eigenvalue weighted by Crippen LogP contribution is 2.29. The minimum absolute atomic E-state index is 0.0977. The number of hydrogen-bond acceptors (Lipinski definition) is 5. The molecular weight excluding hydrogens is 332 g/mol. The van der Waals surface area contributed by atoms with Crippen molar-refractivity contribution in [3.8, 4) is 17.2 Å². The summed E-state index contributed by atoms with van der Waals surface area (Å²) >= 11 is 0. The molecule has 0 aromatic heterocycles. The summed E-state index contributed by atoms with van der Waals surface area (Å²) in [5.74, 6) is 0.829. The summed E-state index contributed by atoms with van der Waals surface area (Å²) in [6.07, 6.45) is 1.75. The predicted octanol–water partition coefficient (Wildman–Crippen LogP) is 3.02. The first-order valence-corrected chi connectivity index (χ1v) is 8.39. The van der Waals surface area contributed by atoms with Crippen LogP contribution in [0.3, 0.4) is 0 Å². The normalized spacial score (nSPS) is 11.1. The van der Waals surface area contributed by atoms with Gasteiger partial charge in [-0.3, -0.25) is 4.79 Å². The second kappa shape index (κ2) is 9.48. The van der Waals surface area contributed by atoms with Gasteiger partial charge in [0, 0.05) is 25.9 Å². The van der Waals surface area contributed by atoms with Crippen molar-refractivity contribution in [2.45, 2.75) is 13.3 Å². The Balaban J connectivity index is 2.30. The number of hydrogen-bond donors (Lipinski definition) is 3. The molecule has 2 aromatic rings. The molecule has 0 aliphatic rings. The Hall–Kier alpha value is -2.99. The molecule has 6 nitrogen and oxygen atoms in total. The highest BCUT2D eigenvalue weighted by Gasteiger charge is 2.08. The van der Waals surface area contributed by atoms with Crippen molar-refractivity contribution in [1.82, 2.24) is 5.32 Å². The van der Waals surface area contributed by atoms with Crippen LogP contribution in [0.4, 0.5) is 0 Å². The Morgan fingerprint density at radius 3 is 2.62 bits per heavy atom. The summed E-state index contributed by atoms with van der Waals surface area (Å²) < 4.78 is 11.5. The molecule has 0 atom stereocenters. The lowest BCUT2D eigenvalue weighted by Crippen LogP contribution is -2.06. The van der Waals surface area contributed by atoms with Crippen LogP contribution in [0.15, 0.2) is 48.7 Å². The highest BCUT2D eigenvalue weighted by atomic mass is 16.5. The molecule has 0 fully saturated rings. The molecular formula is C20H24N2O4. The van der Waals surface area contributed by atoms with Gasteiger partial charge in [0.1, 0.15) is 17.2 Å². The second-order valence-electron chi connectivity index (χ2n) is 5.61. The number of carboxylic acids is 1. The Morgan fingerprint density at radius 1 is 1.19 bits per heavy atom. The van der Waals surface area contributed by atoms with Crippen LogP contribution in [-0.4, -0.2) is 31.3 Å². The van der Waals surface area contributed by atoms with Crippen molar-refractivity contribution in [2.75, 3.05) is 20.2 Å². The number of aliphatic carboxylic acids is 1. The summed E-state index contributed by atoms with van der Waals surface area (Å²) in [5.41, 5.74) is 8.31. The summed E-state index contributed by atoms with van der Waals surface area (Å²) in [5, 5.41) is 12.0. The van der Waals surface area contributed by atoms with Crippen LogP contribution in [0.25, 0.3) is 5.57 Å². The van der Waals surface area contributed by atoms with E-state index in [4.69, 9.17) is 20.3 Å². The largest absolute Gasteiger partial charge is 0.494 e. The van der Waals surface area contributed by atoms with Gasteiger partial charge in [-0.2, -0.15) is 0 Å². The number of rotatable bonds is 9.